The van der Waals surface area contributed by atoms with E-state index in [4.69, 9.17) is 15.6 Å². The number of amides is 4. The molecule has 5 rings (SSSR count). The standard InChI is InChI=1S/C37H49N5O4S.C2HF3O2/c38-21-10-3-11-22-39-33(43)28-16-12-17-29(24-28)40-34(44)30(23-26-13-4-1-5-14-26)41-36(46)37(19-8-2-9-20-37)42-35(45)32-25-27-15-6-7-18-31(27)47-32;3-2(4,5)1(6)7/h1,4-7,13-15,18,25,28-30H,2-3,8-12,16-17,19-24,38H2,(H,39,43)(H,40,44)(H,41,46)(H,42,45);(H,6,7)/t28-,29+,30-;/m1./s1. The van der Waals surface area contributed by atoms with E-state index in [1.165, 1.54) is 11.3 Å². The number of rotatable bonds is 14. The predicted octanol–water partition coefficient (Wildman–Crippen LogP) is 5.62. The molecule has 15 heteroatoms. The molecule has 2 aliphatic rings. The van der Waals surface area contributed by atoms with Crippen molar-refractivity contribution in [2.45, 2.75) is 107 Å². The first-order chi connectivity index (χ1) is 25.8. The lowest BCUT2D eigenvalue weighted by Gasteiger charge is -2.38. The second kappa shape index (κ2) is 20.3. The van der Waals surface area contributed by atoms with Crippen LogP contribution in [-0.2, 0) is 25.6 Å². The number of carbonyl (C=O) groups excluding carboxylic acids is 4. The second-order valence-corrected chi connectivity index (χ2v) is 15.1. The molecule has 1 heterocycles. The van der Waals surface area contributed by atoms with Gasteiger partial charge in [-0.15, -0.1) is 11.3 Å². The van der Waals surface area contributed by atoms with Crippen molar-refractivity contribution in [1.82, 2.24) is 21.3 Å². The maximum absolute atomic E-state index is 14.2. The van der Waals surface area contributed by atoms with Gasteiger partial charge in [0, 0.05) is 29.6 Å². The minimum atomic E-state index is -5.08. The van der Waals surface area contributed by atoms with Crippen LogP contribution in [0.15, 0.2) is 60.7 Å². The van der Waals surface area contributed by atoms with Gasteiger partial charge in [-0.3, -0.25) is 19.2 Å². The number of benzene rings is 2. The third-order valence-electron chi connectivity index (χ3n) is 9.86. The Bertz CT molecular complexity index is 1680. The number of aliphatic carboxylic acids is 1. The molecule has 54 heavy (non-hydrogen) atoms. The van der Waals surface area contributed by atoms with E-state index < -0.39 is 23.7 Å². The van der Waals surface area contributed by atoms with Crippen molar-refractivity contribution in [2.75, 3.05) is 13.1 Å². The minimum absolute atomic E-state index is 0.0412. The average Bonchev–Trinajstić information content (AvgIpc) is 3.60. The Kier molecular flexibility index (Phi) is 15.8. The van der Waals surface area contributed by atoms with Gasteiger partial charge < -0.3 is 32.1 Å². The van der Waals surface area contributed by atoms with Crippen LogP contribution in [0.1, 0.15) is 92.3 Å². The van der Waals surface area contributed by atoms with Crippen molar-refractivity contribution in [3.8, 4) is 0 Å². The van der Waals surface area contributed by atoms with Gasteiger partial charge in [0.05, 0.1) is 4.88 Å². The smallest absolute Gasteiger partial charge is 0.475 e. The number of carbonyl (C=O) groups is 5. The molecule has 0 aliphatic heterocycles. The first-order valence-corrected chi connectivity index (χ1v) is 19.4. The molecule has 3 aromatic rings. The van der Waals surface area contributed by atoms with E-state index in [0.717, 1.165) is 73.4 Å². The van der Waals surface area contributed by atoms with Crippen LogP contribution in [0.5, 0.6) is 0 Å². The Morgan fingerprint density at radius 3 is 2.26 bits per heavy atom. The number of nitrogens with two attached hydrogens (primary N) is 1. The number of nitrogens with one attached hydrogen (secondary N) is 4. The first kappa shape index (κ1) is 42.2. The molecule has 0 unspecified atom stereocenters. The zero-order valence-electron chi connectivity index (χ0n) is 30.2. The lowest BCUT2D eigenvalue weighted by Crippen LogP contribution is -2.63. The first-order valence-electron chi connectivity index (χ1n) is 18.6. The van der Waals surface area contributed by atoms with Crippen LogP contribution in [0.25, 0.3) is 10.1 Å². The van der Waals surface area contributed by atoms with Gasteiger partial charge in [-0.05, 0) is 74.6 Å². The molecule has 2 aromatic carbocycles. The van der Waals surface area contributed by atoms with Gasteiger partial charge >= 0.3 is 12.1 Å². The molecule has 0 radical (unpaired) electrons. The van der Waals surface area contributed by atoms with Gasteiger partial charge in [0.2, 0.25) is 17.7 Å². The molecule has 0 saturated heterocycles. The lowest BCUT2D eigenvalue weighted by atomic mass is 9.80. The Balaban J connectivity index is 0.000000845. The molecule has 0 bridgehead atoms. The molecule has 294 valence electrons. The minimum Gasteiger partial charge on any atom is -0.475 e. The molecule has 2 fully saturated rings. The maximum Gasteiger partial charge on any atom is 0.490 e. The summed E-state index contributed by atoms with van der Waals surface area (Å²) in [7, 11) is 0. The summed E-state index contributed by atoms with van der Waals surface area (Å²) in [5, 5.41) is 20.6. The molecule has 0 spiro atoms. The SMILES string of the molecule is NCCCCCNC(=O)[C@@H]1CCC[C@H](NC(=O)[C@@H](Cc2ccccc2)NC(=O)C2(NC(=O)c3cc4ccccc4s3)CCCCC2)C1.O=C(O)C(F)(F)F. The fourth-order valence-corrected chi connectivity index (χ4v) is 7.91. The summed E-state index contributed by atoms with van der Waals surface area (Å²) in [6.45, 7) is 1.30. The molecule has 3 atom stereocenters. The Labute approximate surface area is 317 Å². The summed E-state index contributed by atoms with van der Waals surface area (Å²) in [5.74, 6) is -3.72. The van der Waals surface area contributed by atoms with E-state index >= 15 is 0 Å². The highest BCUT2D eigenvalue weighted by molar-refractivity contribution is 7.20. The van der Waals surface area contributed by atoms with E-state index in [-0.39, 0.29) is 35.6 Å². The van der Waals surface area contributed by atoms with Crippen molar-refractivity contribution < 1.29 is 42.3 Å². The van der Waals surface area contributed by atoms with E-state index in [1.54, 1.807) is 0 Å². The molecule has 2 aliphatic carbocycles. The van der Waals surface area contributed by atoms with Crippen molar-refractivity contribution in [2.24, 2.45) is 11.7 Å². The third kappa shape index (κ3) is 12.5. The van der Waals surface area contributed by atoms with Crippen LogP contribution in [0.3, 0.4) is 0 Å². The topological polar surface area (TPSA) is 180 Å². The van der Waals surface area contributed by atoms with Gasteiger partial charge in [-0.1, -0.05) is 80.6 Å². The zero-order chi connectivity index (χ0) is 39.1. The van der Waals surface area contributed by atoms with E-state index in [1.807, 2.05) is 60.7 Å². The van der Waals surface area contributed by atoms with Crippen LogP contribution in [-0.4, -0.2) is 71.6 Å². The highest BCUT2D eigenvalue weighted by Gasteiger charge is 2.43. The van der Waals surface area contributed by atoms with E-state index in [9.17, 15) is 32.3 Å². The van der Waals surface area contributed by atoms with Gasteiger partial charge in [0.1, 0.15) is 11.6 Å². The molecule has 4 amide bonds. The molecule has 2 saturated carbocycles. The van der Waals surface area contributed by atoms with Crippen molar-refractivity contribution in [3.63, 3.8) is 0 Å². The van der Waals surface area contributed by atoms with Crippen LogP contribution >= 0.6 is 11.3 Å². The maximum atomic E-state index is 14.2. The molecule has 7 N–H and O–H groups in total. The largest absolute Gasteiger partial charge is 0.490 e. The zero-order valence-corrected chi connectivity index (χ0v) is 31.0. The van der Waals surface area contributed by atoms with Crippen LogP contribution in [0.2, 0.25) is 0 Å². The molecule has 11 nitrogen and oxygen atoms in total. The fourth-order valence-electron chi connectivity index (χ4n) is 6.96. The number of unbranched alkanes of at least 4 members (excludes halogenated alkanes) is 2. The van der Waals surface area contributed by atoms with Crippen molar-refractivity contribution in [1.29, 1.82) is 0 Å². The van der Waals surface area contributed by atoms with Crippen LogP contribution in [0, 0.1) is 5.92 Å². The summed E-state index contributed by atoms with van der Waals surface area (Å²) in [6, 6.07) is 18.4. The normalized spacial score (nSPS) is 18.7. The number of fused-ring (bicyclic) bond motifs is 1. The number of thiophene rings is 1. The summed E-state index contributed by atoms with van der Waals surface area (Å²) < 4.78 is 32.8. The summed E-state index contributed by atoms with van der Waals surface area (Å²) in [5.41, 5.74) is 5.40. The number of carboxylic acids is 1. The number of hydrogen-bond acceptors (Lipinski definition) is 7. The number of carboxylic acid groups (broad SMARTS) is 1. The Hall–Kier alpha value is -4.50. The Morgan fingerprint density at radius 2 is 1.59 bits per heavy atom. The quantitative estimate of drug-likeness (QED) is 0.115. The van der Waals surface area contributed by atoms with Gasteiger partial charge in [-0.2, -0.15) is 13.2 Å². The van der Waals surface area contributed by atoms with Crippen molar-refractivity contribution >= 4 is 51.0 Å². The molecule has 1 aromatic heterocycles. The van der Waals surface area contributed by atoms with Crippen molar-refractivity contribution in [3.05, 3.63) is 71.1 Å². The molecular formula is C39H50F3N5O6S. The predicted molar refractivity (Wildman–Crippen MR) is 201 cm³/mol. The highest BCUT2D eigenvalue weighted by Crippen LogP contribution is 2.31. The van der Waals surface area contributed by atoms with Gasteiger partial charge in [0.15, 0.2) is 0 Å². The second-order valence-electron chi connectivity index (χ2n) is 14.0. The lowest BCUT2D eigenvalue weighted by molar-refractivity contribution is -0.192. The summed E-state index contributed by atoms with van der Waals surface area (Å²) in [6.07, 6.45) is 4.73. The number of hydrogen-bond donors (Lipinski definition) is 6. The molecular weight excluding hydrogens is 724 g/mol. The monoisotopic (exact) mass is 773 g/mol. The fraction of sp³-hybridized carbons (Fsp3) is 0.513. The number of halogens is 3. The average molecular weight is 774 g/mol. The number of alkyl halides is 3. The van der Waals surface area contributed by atoms with Crippen LogP contribution < -0.4 is 27.0 Å². The summed E-state index contributed by atoms with van der Waals surface area (Å²) >= 11 is 1.41. The van der Waals surface area contributed by atoms with Gasteiger partial charge in [0.25, 0.3) is 5.91 Å². The highest BCUT2D eigenvalue weighted by atomic mass is 32.1. The third-order valence-corrected chi connectivity index (χ3v) is 11.0. The summed E-state index contributed by atoms with van der Waals surface area (Å²) in [4.78, 5) is 64.0. The van der Waals surface area contributed by atoms with E-state index in [0.29, 0.717) is 43.6 Å². The van der Waals surface area contributed by atoms with Crippen LogP contribution in [0.4, 0.5) is 13.2 Å². The Morgan fingerprint density at radius 1 is 0.907 bits per heavy atom. The van der Waals surface area contributed by atoms with Gasteiger partial charge in [-0.25, -0.2) is 4.79 Å². The van der Waals surface area contributed by atoms with E-state index in [2.05, 4.69) is 21.3 Å².